The lowest BCUT2D eigenvalue weighted by Crippen LogP contribution is -2.38. The van der Waals surface area contributed by atoms with E-state index in [0.29, 0.717) is 4.88 Å². The van der Waals surface area contributed by atoms with E-state index in [-0.39, 0.29) is 12.1 Å². The Kier molecular flexibility index (Phi) is 4.78. The number of nitrogens with zero attached hydrogens (tertiary/aromatic N) is 1. The number of likely N-dealkylation sites (tertiary alicyclic amines) is 1. The van der Waals surface area contributed by atoms with Crippen molar-refractivity contribution in [3.8, 4) is 0 Å². The van der Waals surface area contributed by atoms with Crippen molar-refractivity contribution in [2.45, 2.75) is 32.8 Å². The Balaban J connectivity index is 1.75. The molecule has 0 N–H and O–H groups in total. The van der Waals surface area contributed by atoms with E-state index in [1.165, 1.54) is 24.2 Å². The number of carbonyl (C=O) groups is 1. The molecule has 1 aliphatic heterocycles. The number of carbonyl (C=O) groups excluding carboxylic acids is 1. The Morgan fingerprint density at radius 3 is 2.89 bits per heavy atom. The quantitative estimate of drug-likeness (QED) is 0.785. The third-order valence-corrected chi connectivity index (χ3v) is 4.27. The van der Waals surface area contributed by atoms with Gasteiger partial charge >= 0.3 is 5.97 Å². The van der Waals surface area contributed by atoms with Gasteiger partial charge in [0.15, 0.2) is 0 Å². The first-order valence-electron chi connectivity index (χ1n) is 6.62. The zero-order valence-corrected chi connectivity index (χ0v) is 11.9. The van der Waals surface area contributed by atoms with Crippen molar-refractivity contribution >= 4 is 17.3 Å². The normalized spacial score (nSPS) is 19.7. The largest absolute Gasteiger partial charge is 0.457 e. The molecule has 1 aliphatic rings. The summed E-state index contributed by atoms with van der Waals surface area (Å²) < 4.78 is 5.45. The van der Waals surface area contributed by atoms with Gasteiger partial charge in [-0.15, -0.1) is 11.3 Å². The fourth-order valence-corrected chi connectivity index (χ4v) is 2.89. The van der Waals surface area contributed by atoms with E-state index in [1.54, 1.807) is 0 Å². The number of hydrogen-bond donors (Lipinski definition) is 0. The highest BCUT2D eigenvalue weighted by atomic mass is 32.1. The van der Waals surface area contributed by atoms with Crippen molar-refractivity contribution < 1.29 is 9.53 Å². The third kappa shape index (κ3) is 3.82. The summed E-state index contributed by atoms with van der Waals surface area (Å²) in [6.45, 7) is 7.38. The fourth-order valence-electron chi connectivity index (χ4n) is 2.28. The molecule has 4 heteroatoms. The van der Waals surface area contributed by atoms with Crippen LogP contribution in [0.4, 0.5) is 0 Å². The van der Waals surface area contributed by atoms with Crippen LogP contribution in [0.5, 0.6) is 0 Å². The first-order chi connectivity index (χ1) is 8.65. The summed E-state index contributed by atoms with van der Waals surface area (Å²) in [6.07, 6.45) is 2.48. The van der Waals surface area contributed by atoms with Crippen LogP contribution in [-0.4, -0.2) is 36.6 Å². The number of hydrogen-bond acceptors (Lipinski definition) is 4. The zero-order valence-electron chi connectivity index (χ0n) is 11.1. The minimum absolute atomic E-state index is 0.0343. The second-order valence-electron chi connectivity index (χ2n) is 5.18. The topological polar surface area (TPSA) is 29.5 Å². The van der Waals surface area contributed by atoms with Gasteiger partial charge in [-0.2, -0.15) is 0 Å². The van der Waals surface area contributed by atoms with Crippen LogP contribution < -0.4 is 0 Å². The molecule has 0 radical (unpaired) electrons. The molecular formula is C14H21NO2S. The lowest BCUT2D eigenvalue weighted by atomic mass is 9.99. The predicted molar refractivity (Wildman–Crippen MR) is 74.0 cm³/mol. The van der Waals surface area contributed by atoms with E-state index >= 15 is 0 Å². The molecule has 0 bridgehead atoms. The highest BCUT2D eigenvalue weighted by Crippen LogP contribution is 2.17. The lowest BCUT2D eigenvalue weighted by Gasteiger charge is -2.31. The van der Waals surface area contributed by atoms with E-state index in [9.17, 15) is 4.79 Å². The van der Waals surface area contributed by atoms with Crippen molar-refractivity contribution in [2.75, 3.05) is 19.6 Å². The van der Waals surface area contributed by atoms with E-state index in [1.807, 2.05) is 24.4 Å². The van der Waals surface area contributed by atoms with Gasteiger partial charge in [-0.05, 0) is 50.2 Å². The molecular weight excluding hydrogens is 246 g/mol. The molecule has 0 saturated carbocycles. The standard InChI is InChI=1S/C14H21NO2S/c1-11-5-7-15(8-6-11)10-12(2)17-14(16)13-4-3-9-18-13/h3-4,9,11-12H,5-8,10H2,1-2H3/t12-/m1/s1. The van der Waals surface area contributed by atoms with Crippen molar-refractivity contribution in [3.63, 3.8) is 0 Å². The summed E-state index contributed by atoms with van der Waals surface area (Å²) in [4.78, 5) is 14.9. The minimum Gasteiger partial charge on any atom is -0.457 e. The monoisotopic (exact) mass is 267 g/mol. The molecule has 1 saturated heterocycles. The number of thiophene rings is 1. The van der Waals surface area contributed by atoms with Gasteiger partial charge < -0.3 is 4.74 Å². The van der Waals surface area contributed by atoms with Gasteiger partial charge in [-0.25, -0.2) is 4.79 Å². The van der Waals surface area contributed by atoms with Gasteiger partial charge in [0.1, 0.15) is 11.0 Å². The first kappa shape index (κ1) is 13.6. The molecule has 1 aromatic heterocycles. The van der Waals surface area contributed by atoms with Crippen LogP contribution in [0.15, 0.2) is 17.5 Å². The smallest absolute Gasteiger partial charge is 0.348 e. The molecule has 0 spiro atoms. The highest BCUT2D eigenvalue weighted by molar-refractivity contribution is 7.11. The maximum absolute atomic E-state index is 11.8. The number of piperidine rings is 1. The van der Waals surface area contributed by atoms with Crippen molar-refractivity contribution in [3.05, 3.63) is 22.4 Å². The van der Waals surface area contributed by atoms with Crippen LogP contribution in [0.3, 0.4) is 0 Å². The molecule has 1 atom stereocenters. The molecule has 1 fully saturated rings. The SMILES string of the molecule is CC1CCN(C[C@@H](C)OC(=O)c2cccs2)CC1. The second-order valence-corrected chi connectivity index (χ2v) is 6.12. The van der Waals surface area contributed by atoms with Crippen molar-refractivity contribution in [1.82, 2.24) is 4.90 Å². The molecule has 0 amide bonds. The molecule has 2 heterocycles. The van der Waals surface area contributed by atoms with E-state index in [2.05, 4.69) is 11.8 Å². The second kappa shape index (κ2) is 6.34. The minimum atomic E-state index is -0.192. The summed E-state index contributed by atoms with van der Waals surface area (Å²) in [5.41, 5.74) is 0. The number of esters is 1. The summed E-state index contributed by atoms with van der Waals surface area (Å²) in [5.74, 6) is 0.646. The van der Waals surface area contributed by atoms with Gasteiger partial charge in [0.2, 0.25) is 0 Å². The molecule has 0 unspecified atom stereocenters. The summed E-state index contributed by atoms with van der Waals surface area (Å²) >= 11 is 1.43. The lowest BCUT2D eigenvalue weighted by molar-refractivity contribution is 0.0227. The molecule has 2 rings (SSSR count). The maximum Gasteiger partial charge on any atom is 0.348 e. The van der Waals surface area contributed by atoms with E-state index in [0.717, 1.165) is 25.6 Å². The van der Waals surface area contributed by atoms with E-state index in [4.69, 9.17) is 4.74 Å². The molecule has 0 aliphatic carbocycles. The Hall–Kier alpha value is -0.870. The molecule has 100 valence electrons. The van der Waals surface area contributed by atoms with Gasteiger partial charge in [0, 0.05) is 6.54 Å². The van der Waals surface area contributed by atoms with Gasteiger partial charge in [-0.1, -0.05) is 13.0 Å². The van der Waals surface area contributed by atoms with Gasteiger partial charge in [0.25, 0.3) is 0 Å². The maximum atomic E-state index is 11.8. The highest BCUT2D eigenvalue weighted by Gasteiger charge is 2.19. The molecule has 1 aromatic rings. The van der Waals surface area contributed by atoms with Crippen LogP contribution in [0.2, 0.25) is 0 Å². The molecule has 0 aromatic carbocycles. The van der Waals surface area contributed by atoms with Crippen LogP contribution >= 0.6 is 11.3 Å². The van der Waals surface area contributed by atoms with Crippen molar-refractivity contribution in [2.24, 2.45) is 5.92 Å². The van der Waals surface area contributed by atoms with Gasteiger partial charge in [0.05, 0.1) is 0 Å². The van der Waals surface area contributed by atoms with E-state index < -0.39 is 0 Å². The van der Waals surface area contributed by atoms with Gasteiger partial charge in [-0.3, -0.25) is 4.90 Å². The van der Waals surface area contributed by atoms with Crippen LogP contribution in [0.1, 0.15) is 36.4 Å². The van der Waals surface area contributed by atoms with Crippen molar-refractivity contribution in [1.29, 1.82) is 0 Å². The average Bonchev–Trinajstić information content (AvgIpc) is 2.85. The fraction of sp³-hybridized carbons (Fsp3) is 0.643. The summed E-state index contributed by atoms with van der Waals surface area (Å²) in [5, 5.41) is 1.90. The van der Waals surface area contributed by atoms with Crippen LogP contribution in [-0.2, 0) is 4.74 Å². The Morgan fingerprint density at radius 2 is 2.28 bits per heavy atom. The predicted octanol–water partition coefficient (Wildman–Crippen LogP) is 3.03. The molecule has 3 nitrogen and oxygen atoms in total. The number of ether oxygens (including phenoxy) is 1. The Bertz CT molecular complexity index is 369. The Labute approximate surface area is 113 Å². The van der Waals surface area contributed by atoms with Crippen LogP contribution in [0.25, 0.3) is 0 Å². The number of rotatable bonds is 4. The average molecular weight is 267 g/mol. The Morgan fingerprint density at radius 1 is 1.56 bits per heavy atom. The summed E-state index contributed by atoms with van der Waals surface area (Å²) in [7, 11) is 0. The first-order valence-corrected chi connectivity index (χ1v) is 7.50. The summed E-state index contributed by atoms with van der Waals surface area (Å²) in [6, 6.07) is 3.68. The molecule has 18 heavy (non-hydrogen) atoms. The van der Waals surface area contributed by atoms with Crippen LogP contribution in [0, 0.1) is 5.92 Å². The zero-order chi connectivity index (χ0) is 13.0. The third-order valence-electron chi connectivity index (χ3n) is 3.42.